The number of amides is 2. The molecule has 1 N–H and O–H groups in total. The first kappa shape index (κ1) is 19.3. The van der Waals surface area contributed by atoms with Crippen LogP contribution in [0.5, 0.6) is 5.75 Å². The van der Waals surface area contributed by atoms with Gasteiger partial charge < -0.3 is 19.6 Å². The Labute approximate surface area is 170 Å². The third-order valence-corrected chi connectivity index (χ3v) is 5.45. The number of carboxylic acid groups (broad SMARTS) is 1. The molecule has 29 heavy (non-hydrogen) atoms. The topological polar surface area (TPSA) is 73.3 Å². The highest BCUT2D eigenvalue weighted by Crippen LogP contribution is 2.45. The van der Waals surface area contributed by atoms with E-state index in [9.17, 15) is 14.7 Å². The smallest absolute Gasteiger partial charge is 0.335 e. The van der Waals surface area contributed by atoms with E-state index < -0.39 is 5.97 Å². The van der Waals surface area contributed by atoms with Gasteiger partial charge in [-0.05, 0) is 50.8 Å². The molecule has 1 saturated heterocycles. The molecule has 0 aromatic heterocycles. The van der Waals surface area contributed by atoms with Crippen molar-refractivity contribution < 1.29 is 19.4 Å². The first-order valence-corrected chi connectivity index (χ1v) is 9.77. The zero-order valence-electron chi connectivity index (χ0n) is 16.6. The number of rotatable bonds is 6. The fourth-order valence-corrected chi connectivity index (χ4v) is 4.04. The Morgan fingerprint density at radius 3 is 2.66 bits per heavy atom. The summed E-state index contributed by atoms with van der Waals surface area (Å²) in [6.45, 7) is 2.09. The molecule has 2 atom stereocenters. The van der Waals surface area contributed by atoms with Crippen molar-refractivity contribution in [2.24, 2.45) is 0 Å². The number of carbonyl (C=O) groups is 2. The van der Waals surface area contributed by atoms with Gasteiger partial charge in [-0.3, -0.25) is 4.90 Å². The number of carboxylic acids is 1. The third kappa shape index (κ3) is 3.65. The summed E-state index contributed by atoms with van der Waals surface area (Å²) in [5, 5.41) is 9.38. The number of fused-ring (bicyclic) bond motifs is 3. The molecule has 152 valence electrons. The van der Waals surface area contributed by atoms with Crippen LogP contribution in [0.4, 0.5) is 10.5 Å². The van der Waals surface area contributed by atoms with Crippen LogP contribution in [-0.4, -0.2) is 66.7 Å². The van der Waals surface area contributed by atoms with Crippen LogP contribution < -0.4 is 9.64 Å². The van der Waals surface area contributed by atoms with Crippen LogP contribution in [0.1, 0.15) is 28.4 Å². The van der Waals surface area contributed by atoms with Crippen LogP contribution >= 0.6 is 0 Å². The van der Waals surface area contributed by atoms with E-state index in [1.807, 2.05) is 49.3 Å². The predicted molar refractivity (Wildman–Crippen MR) is 110 cm³/mol. The molecule has 7 heteroatoms. The van der Waals surface area contributed by atoms with Crippen LogP contribution in [0, 0.1) is 0 Å². The van der Waals surface area contributed by atoms with Gasteiger partial charge in [0.25, 0.3) is 0 Å². The second-order valence-corrected chi connectivity index (χ2v) is 7.76. The van der Waals surface area contributed by atoms with E-state index in [0.717, 1.165) is 18.5 Å². The summed E-state index contributed by atoms with van der Waals surface area (Å²) in [5.74, 6) is -0.493. The van der Waals surface area contributed by atoms with Gasteiger partial charge in [0, 0.05) is 13.1 Å². The second kappa shape index (κ2) is 7.75. The first-order valence-electron chi connectivity index (χ1n) is 9.77. The van der Waals surface area contributed by atoms with Crippen molar-refractivity contribution in [3.63, 3.8) is 0 Å². The lowest BCUT2D eigenvalue weighted by Crippen LogP contribution is -2.44. The van der Waals surface area contributed by atoms with E-state index in [2.05, 4.69) is 4.90 Å². The molecule has 2 aliphatic rings. The number of ether oxygens (including phenoxy) is 1. The van der Waals surface area contributed by atoms with Crippen LogP contribution in [0.15, 0.2) is 48.5 Å². The van der Waals surface area contributed by atoms with Crippen LogP contribution in [-0.2, 0) is 0 Å². The lowest BCUT2D eigenvalue weighted by Gasteiger charge is -2.37. The number of benzene rings is 2. The second-order valence-electron chi connectivity index (χ2n) is 7.76. The summed E-state index contributed by atoms with van der Waals surface area (Å²) in [6.07, 6.45) is 0.570. The van der Waals surface area contributed by atoms with Gasteiger partial charge >= 0.3 is 12.0 Å². The quantitative estimate of drug-likeness (QED) is 0.814. The molecule has 2 aromatic carbocycles. The normalized spacial score (nSPS) is 20.4. The number of hydrogen-bond acceptors (Lipinski definition) is 4. The molecule has 0 spiro atoms. The zero-order valence-corrected chi connectivity index (χ0v) is 16.6. The van der Waals surface area contributed by atoms with Gasteiger partial charge in [-0.15, -0.1) is 0 Å². The highest BCUT2D eigenvalue weighted by Gasteiger charge is 2.47. The summed E-state index contributed by atoms with van der Waals surface area (Å²) in [5.41, 5.74) is 1.67. The van der Waals surface area contributed by atoms with Gasteiger partial charge in [-0.1, -0.05) is 30.3 Å². The molecule has 0 aliphatic carbocycles. The molecule has 2 amide bonds. The first-order chi connectivity index (χ1) is 14.0. The maximum absolute atomic E-state index is 13.3. The van der Waals surface area contributed by atoms with Crippen molar-refractivity contribution in [3.05, 3.63) is 59.7 Å². The monoisotopic (exact) mass is 395 g/mol. The average Bonchev–Trinajstić information content (AvgIpc) is 3.04. The molecule has 4 rings (SSSR count). The predicted octanol–water partition coefficient (Wildman–Crippen LogP) is 3.08. The van der Waals surface area contributed by atoms with Gasteiger partial charge in [0.15, 0.2) is 0 Å². The standard InChI is InChI=1S/C22H25N3O4/c1-23(2)11-6-12-24-14-18-20(15-7-4-3-5-8-15)29-19-10-9-16(21(26)27)13-17(19)25(18)22(24)28/h3-5,7-10,13,18,20H,6,11-12,14H2,1-2H3,(H,26,27). The number of aromatic carboxylic acids is 1. The fourth-order valence-electron chi connectivity index (χ4n) is 4.04. The number of carbonyl (C=O) groups excluding carboxylic acids is 1. The van der Waals surface area contributed by atoms with Crippen molar-refractivity contribution in [1.29, 1.82) is 0 Å². The summed E-state index contributed by atoms with van der Waals surface area (Å²) >= 11 is 0. The van der Waals surface area contributed by atoms with Crippen LogP contribution in [0.2, 0.25) is 0 Å². The van der Waals surface area contributed by atoms with Gasteiger partial charge in [-0.25, -0.2) is 9.59 Å². The lowest BCUT2D eigenvalue weighted by atomic mass is 9.98. The SMILES string of the molecule is CN(C)CCCN1CC2C(c3ccccc3)Oc3ccc(C(=O)O)cc3N2C1=O. The van der Waals surface area contributed by atoms with E-state index in [4.69, 9.17) is 4.74 Å². The van der Waals surface area contributed by atoms with Crippen molar-refractivity contribution in [3.8, 4) is 5.75 Å². The fraction of sp³-hybridized carbons (Fsp3) is 0.364. The Bertz CT molecular complexity index is 916. The van der Waals surface area contributed by atoms with E-state index in [1.165, 1.54) is 12.1 Å². The number of hydrogen-bond donors (Lipinski definition) is 1. The molecule has 1 fully saturated rings. The van der Waals surface area contributed by atoms with E-state index >= 15 is 0 Å². The van der Waals surface area contributed by atoms with E-state index in [1.54, 1.807) is 11.0 Å². The minimum absolute atomic E-state index is 0.0956. The van der Waals surface area contributed by atoms with E-state index in [0.29, 0.717) is 24.5 Å². The Kier molecular flexibility index (Phi) is 5.15. The molecule has 2 aromatic rings. The minimum atomic E-state index is -1.02. The molecule has 0 radical (unpaired) electrons. The third-order valence-electron chi connectivity index (χ3n) is 5.45. The van der Waals surface area contributed by atoms with Crippen molar-refractivity contribution in [1.82, 2.24) is 9.80 Å². The van der Waals surface area contributed by atoms with Crippen molar-refractivity contribution >= 4 is 17.7 Å². The molecule has 0 saturated carbocycles. The highest BCUT2D eigenvalue weighted by atomic mass is 16.5. The van der Waals surface area contributed by atoms with Gasteiger partial charge in [0.2, 0.25) is 0 Å². The number of nitrogens with zero attached hydrogens (tertiary/aromatic N) is 3. The van der Waals surface area contributed by atoms with Gasteiger partial charge in [0.1, 0.15) is 11.9 Å². The minimum Gasteiger partial charge on any atom is -0.481 e. The molecule has 7 nitrogen and oxygen atoms in total. The maximum atomic E-state index is 13.3. The summed E-state index contributed by atoms with van der Waals surface area (Å²) in [6, 6.07) is 14.2. The van der Waals surface area contributed by atoms with Gasteiger partial charge in [-0.2, -0.15) is 0 Å². The molecule has 2 heterocycles. The highest BCUT2D eigenvalue weighted by molar-refractivity contribution is 5.99. The van der Waals surface area contributed by atoms with E-state index in [-0.39, 0.29) is 23.7 Å². The van der Waals surface area contributed by atoms with Crippen LogP contribution in [0.25, 0.3) is 0 Å². The van der Waals surface area contributed by atoms with Crippen LogP contribution in [0.3, 0.4) is 0 Å². The number of urea groups is 1. The zero-order chi connectivity index (χ0) is 20.5. The largest absolute Gasteiger partial charge is 0.481 e. The Balaban J connectivity index is 1.70. The summed E-state index contributed by atoms with van der Waals surface area (Å²) < 4.78 is 6.28. The molecule has 2 unspecified atom stereocenters. The molecular formula is C22H25N3O4. The lowest BCUT2D eigenvalue weighted by molar-refractivity contribution is 0.0696. The Morgan fingerprint density at radius 2 is 1.97 bits per heavy atom. The maximum Gasteiger partial charge on any atom is 0.335 e. The summed E-state index contributed by atoms with van der Waals surface area (Å²) in [7, 11) is 4.02. The molecule has 2 aliphatic heterocycles. The summed E-state index contributed by atoms with van der Waals surface area (Å²) in [4.78, 5) is 30.4. The van der Waals surface area contributed by atoms with Crippen molar-refractivity contribution in [2.45, 2.75) is 18.6 Å². The Hall–Kier alpha value is -3.06. The Morgan fingerprint density at radius 1 is 1.21 bits per heavy atom. The van der Waals surface area contributed by atoms with Crippen molar-refractivity contribution in [2.75, 3.05) is 38.6 Å². The molecular weight excluding hydrogens is 370 g/mol. The molecule has 0 bridgehead atoms. The van der Waals surface area contributed by atoms with Gasteiger partial charge in [0.05, 0.1) is 17.3 Å². The average molecular weight is 395 g/mol. The number of anilines is 1.